The van der Waals surface area contributed by atoms with E-state index in [9.17, 15) is 4.79 Å². The number of hydrogen-bond donors (Lipinski definition) is 1. The Hall–Kier alpha value is -1.77. The number of rotatable bonds is 7. The summed E-state index contributed by atoms with van der Waals surface area (Å²) in [6.45, 7) is 5.88. The van der Waals surface area contributed by atoms with Crippen LogP contribution in [0.15, 0.2) is 28.8 Å². The highest BCUT2D eigenvalue weighted by Crippen LogP contribution is 2.26. The summed E-state index contributed by atoms with van der Waals surface area (Å²) in [5.41, 5.74) is 6.94. The zero-order valence-corrected chi connectivity index (χ0v) is 17.1. The average Bonchev–Trinajstić information content (AvgIpc) is 3.41. The van der Waals surface area contributed by atoms with Crippen molar-refractivity contribution in [1.82, 2.24) is 15.0 Å². The van der Waals surface area contributed by atoms with Gasteiger partial charge in [-0.15, -0.1) is 11.8 Å². The minimum atomic E-state index is -0.337. The molecule has 2 aliphatic rings. The Morgan fingerprint density at radius 2 is 2.00 bits per heavy atom. The Bertz CT molecular complexity index is 784. The normalized spacial score (nSPS) is 19.5. The minimum Gasteiger partial charge on any atom is -0.354 e. The van der Waals surface area contributed by atoms with Crippen molar-refractivity contribution in [3.05, 3.63) is 24.3 Å². The standard InChI is InChI=1S/C20H29N5O2S/c21-17(20(26)25-13-14-28-15-25)6-3-4-8-23-9-11-24(12-10-23)19-16-5-1-2-7-18(16)27-22-19/h1-2,5,7,17H,3-4,6,8-15,21H2/t17-/m0/s1. The van der Waals surface area contributed by atoms with Crippen molar-refractivity contribution in [3.8, 4) is 0 Å². The average molecular weight is 404 g/mol. The van der Waals surface area contributed by atoms with Crippen molar-refractivity contribution >= 4 is 34.5 Å². The van der Waals surface area contributed by atoms with Gasteiger partial charge in [-0.25, -0.2) is 0 Å². The van der Waals surface area contributed by atoms with E-state index in [2.05, 4.69) is 21.0 Å². The van der Waals surface area contributed by atoms with Crippen molar-refractivity contribution in [3.63, 3.8) is 0 Å². The first-order valence-corrected chi connectivity index (χ1v) is 11.3. The fraction of sp³-hybridized carbons (Fsp3) is 0.600. The fourth-order valence-electron chi connectivity index (χ4n) is 3.93. The molecule has 0 saturated carbocycles. The molecule has 0 spiro atoms. The second-order valence-corrected chi connectivity index (χ2v) is 8.65. The number of anilines is 1. The van der Waals surface area contributed by atoms with Crippen LogP contribution >= 0.6 is 11.8 Å². The summed E-state index contributed by atoms with van der Waals surface area (Å²) in [7, 11) is 0. The van der Waals surface area contributed by atoms with E-state index in [-0.39, 0.29) is 11.9 Å². The number of unbranched alkanes of at least 4 members (excludes halogenated alkanes) is 1. The van der Waals surface area contributed by atoms with Crippen LogP contribution in [0.5, 0.6) is 0 Å². The Balaban J connectivity index is 1.16. The number of amides is 1. The second kappa shape index (κ2) is 9.15. The molecular formula is C20H29N5O2S. The van der Waals surface area contributed by atoms with Gasteiger partial charge in [-0.3, -0.25) is 9.69 Å². The molecule has 2 saturated heterocycles. The van der Waals surface area contributed by atoms with Gasteiger partial charge in [-0.05, 0) is 31.5 Å². The molecule has 1 atom stereocenters. The molecular weight excluding hydrogens is 374 g/mol. The molecule has 7 nitrogen and oxygen atoms in total. The molecule has 3 heterocycles. The lowest BCUT2D eigenvalue weighted by Gasteiger charge is -2.34. The first-order chi connectivity index (χ1) is 13.7. The van der Waals surface area contributed by atoms with Gasteiger partial charge >= 0.3 is 0 Å². The van der Waals surface area contributed by atoms with Gasteiger partial charge in [0.05, 0.1) is 17.3 Å². The molecule has 2 fully saturated rings. The molecule has 2 aromatic rings. The molecule has 0 bridgehead atoms. The van der Waals surface area contributed by atoms with Crippen LogP contribution in [0.3, 0.4) is 0 Å². The van der Waals surface area contributed by atoms with Gasteiger partial charge in [0.1, 0.15) is 0 Å². The topological polar surface area (TPSA) is 78.8 Å². The van der Waals surface area contributed by atoms with Gasteiger partial charge in [0.15, 0.2) is 11.4 Å². The molecule has 4 rings (SSSR count). The van der Waals surface area contributed by atoms with Gasteiger partial charge < -0.3 is 20.1 Å². The molecule has 0 radical (unpaired) electrons. The first-order valence-electron chi connectivity index (χ1n) is 10.2. The highest BCUT2D eigenvalue weighted by Gasteiger charge is 2.24. The Morgan fingerprint density at radius 1 is 1.18 bits per heavy atom. The number of nitrogens with two attached hydrogens (primary N) is 1. The lowest BCUT2D eigenvalue weighted by molar-refractivity contribution is -0.131. The molecule has 0 aliphatic carbocycles. The van der Waals surface area contributed by atoms with Crippen molar-refractivity contribution in [2.24, 2.45) is 5.73 Å². The minimum absolute atomic E-state index is 0.124. The van der Waals surface area contributed by atoms with Crippen molar-refractivity contribution in [1.29, 1.82) is 0 Å². The summed E-state index contributed by atoms with van der Waals surface area (Å²) in [6.07, 6.45) is 2.87. The molecule has 152 valence electrons. The molecule has 2 N–H and O–H groups in total. The van der Waals surface area contributed by atoms with Crippen LogP contribution in [-0.4, -0.2) is 77.8 Å². The lowest BCUT2D eigenvalue weighted by atomic mass is 10.1. The van der Waals surface area contributed by atoms with E-state index in [1.165, 1.54) is 0 Å². The van der Waals surface area contributed by atoms with Crippen LogP contribution in [0, 0.1) is 0 Å². The third kappa shape index (κ3) is 4.45. The van der Waals surface area contributed by atoms with Gasteiger partial charge in [-0.1, -0.05) is 23.7 Å². The number of carbonyl (C=O) groups is 1. The number of piperazine rings is 1. The summed E-state index contributed by atoms with van der Waals surface area (Å²) >= 11 is 1.80. The van der Waals surface area contributed by atoms with Crippen LogP contribution in [0.25, 0.3) is 11.0 Å². The SMILES string of the molecule is N[C@@H](CCCCN1CCN(c2noc3ccccc23)CC1)C(=O)N1CCSC1. The highest BCUT2D eigenvalue weighted by atomic mass is 32.2. The van der Waals surface area contributed by atoms with Gasteiger partial charge in [-0.2, -0.15) is 0 Å². The number of para-hydroxylation sites is 1. The number of nitrogens with zero attached hydrogens (tertiary/aromatic N) is 4. The van der Waals surface area contributed by atoms with Crippen LogP contribution in [0.2, 0.25) is 0 Å². The van der Waals surface area contributed by atoms with Crippen LogP contribution in [0.1, 0.15) is 19.3 Å². The number of benzene rings is 1. The predicted molar refractivity (Wildman–Crippen MR) is 114 cm³/mol. The first kappa shape index (κ1) is 19.5. The van der Waals surface area contributed by atoms with E-state index < -0.39 is 0 Å². The zero-order valence-electron chi connectivity index (χ0n) is 16.3. The monoisotopic (exact) mass is 403 g/mol. The molecule has 1 aromatic heterocycles. The smallest absolute Gasteiger partial charge is 0.240 e. The third-order valence-electron chi connectivity index (χ3n) is 5.65. The van der Waals surface area contributed by atoms with E-state index in [4.69, 9.17) is 10.3 Å². The van der Waals surface area contributed by atoms with E-state index in [1.54, 1.807) is 11.8 Å². The maximum Gasteiger partial charge on any atom is 0.240 e. The van der Waals surface area contributed by atoms with Crippen LogP contribution < -0.4 is 10.6 Å². The molecule has 2 aliphatic heterocycles. The van der Waals surface area contributed by atoms with Crippen LogP contribution in [-0.2, 0) is 4.79 Å². The molecule has 1 aromatic carbocycles. The largest absolute Gasteiger partial charge is 0.354 e. The van der Waals surface area contributed by atoms with E-state index in [0.29, 0.717) is 0 Å². The number of fused-ring (bicyclic) bond motifs is 1. The Morgan fingerprint density at radius 3 is 2.79 bits per heavy atom. The molecule has 8 heteroatoms. The quantitative estimate of drug-likeness (QED) is 0.708. The van der Waals surface area contributed by atoms with E-state index in [1.807, 2.05) is 23.1 Å². The van der Waals surface area contributed by atoms with Crippen molar-refractivity contribution in [2.75, 3.05) is 55.8 Å². The van der Waals surface area contributed by atoms with Gasteiger partial charge in [0.25, 0.3) is 0 Å². The maximum absolute atomic E-state index is 12.2. The molecule has 0 unspecified atom stereocenters. The van der Waals surface area contributed by atoms with Gasteiger partial charge in [0, 0.05) is 38.5 Å². The predicted octanol–water partition coefficient (Wildman–Crippen LogP) is 1.98. The Kier molecular flexibility index (Phi) is 6.39. The summed E-state index contributed by atoms with van der Waals surface area (Å²) in [4.78, 5) is 18.9. The van der Waals surface area contributed by atoms with Crippen molar-refractivity contribution < 1.29 is 9.32 Å². The summed E-state index contributed by atoms with van der Waals surface area (Å²) < 4.78 is 5.44. The summed E-state index contributed by atoms with van der Waals surface area (Å²) in [6, 6.07) is 7.69. The third-order valence-corrected chi connectivity index (χ3v) is 6.62. The molecule has 1 amide bonds. The van der Waals surface area contributed by atoms with E-state index in [0.717, 1.165) is 86.9 Å². The maximum atomic E-state index is 12.2. The Labute approximate surface area is 170 Å². The fourth-order valence-corrected chi connectivity index (χ4v) is 4.88. The van der Waals surface area contributed by atoms with E-state index >= 15 is 0 Å². The van der Waals surface area contributed by atoms with Crippen molar-refractivity contribution in [2.45, 2.75) is 25.3 Å². The number of hydrogen-bond acceptors (Lipinski definition) is 7. The number of carbonyl (C=O) groups excluding carboxylic acids is 1. The summed E-state index contributed by atoms with van der Waals surface area (Å²) in [5.74, 6) is 2.92. The highest BCUT2D eigenvalue weighted by molar-refractivity contribution is 7.99. The molecule has 28 heavy (non-hydrogen) atoms. The van der Waals surface area contributed by atoms with Crippen LogP contribution in [0.4, 0.5) is 5.82 Å². The number of thioether (sulfide) groups is 1. The second-order valence-electron chi connectivity index (χ2n) is 7.57. The number of aromatic nitrogens is 1. The zero-order chi connectivity index (χ0) is 19.3. The summed E-state index contributed by atoms with van der Waals surface area (Å²) in [5, 5.41) is 5.36. The van der Waals surface area contributed by atoms with Gasteiger partial charge in [0.2, 0.25) is 5.91 Å². The lowest BCUT2D eigenvalue weighted by Crippen LogP contribution is -2.47.